The molecule has 10 heteroatoms. The zero-order valence-electron chi connectivity index (χ0n) is 18.7. The number of aliphatic imine (C=N–C) groups is 1. The summed E-state index contributed by atoms with van der Waals surface area (Å²) in [6, 6.07) is 3.85. The van der Waals surface area contributed by atoms with Crippen LogP contribution in [0.1, 0.15) is 32.6 Å². The molecule has 180 valence electrons. The van der Waals surface area contributed by atoms with Crippen molar-refractivity contribution in [2.75, 3.05) is 50.7 Å². The number of anilines is 1. The van der Waals surface area contributed by atoms with Crippen molar-refractivity contribution in [3.05, 3.63) is 29.8 Å². The number of hydrogen-bond acceptors (Lipinski definition) is 4. The van der Waals surface area contributed by atoms with Crippen LogP contribution in [0.4, 0.5) is 14.5 Å². The normalized spacial score (nSPS) is 21.8. The number of benzene rings is 1. The number of primary amides is 1. The molecule has 0 radical (unpaired) electrons. The van der Waals surface area contributed by atoms with Crippen molar-refractivity contribution in [2.45, 2.75) is 38.6 Å². The quantitative estimate of drug-likeness (QED) is 0.195. The number of nitrogens with two attached hydrogens (primary N) is 1. The van der Waals surface area contributed by atoms with Crippen molar-refractivity contribution in [1.82, 2.24) is 15.5 Å². The third-order valence-corrected chi connectivity index (χ3v) is 5.93. The van der Waals surface area contributed by atoms with Crippen LogP contribution in [0.25, 0.3) is 0 Å². The second-order valence-electron chi connectivity index (χ2n) is 8.33. The van der Waals surface area contributed by atoms with Crippen LogP contribution in [-0.4, -0.2) is 68.6 Å². The van der Waals surface area contributed by atoms with Gasteiger partial charge < -0.3 is 26.2 Å². The van der Waals surface area contributed by atoms with E-state index >= 15 is 0 Å². The van der Waals surface area contributed by atoms with Gasteiger partial charge in [-0.15, -0.1) is 24.0 Å². The molecule has 1 aromatic carbocycles. The van der Waals surface area contributed by atoms with Gasteiger partial charge in [0.2, 0.25) is 5.91 Å². The fraction of sp³-hybridized carbons (Fsp3) is 0.636. The van der Waals surface area contributed by atoms with E-state index in [1.165, 1.54) is 12.1 Å². The number of nitrogens with one attached hydrogen (secondary N) is 2. The van der Waals surface area contributed by atoms with Crippen LogP contribution in [0.2, 0.25) is 0 Å². The van der Waals surface area contributed by atoms with Gasteiger partial charge in [0, 0.05) is 44.8 Å². The largest absolute Gasteiger partial charge is 0.369 e. The molecule has 2 aliphatic rings. The van der Waals surface area contributed by atoms with Crippen LogP contribution >= 0.6 is 24.0 Å². The SMILES string of the molecule is CCNC(=NCCCN1CCCC(C(N)=O)C1)NC1CCN(c2ccc(F)cc2F)C1.I. The average molecular weight is 564 g/mol. The predicted octanol–water partition coefficient (Wildman–Crippen LogP) is 2.30. The minimum atomic E-state index is -0.564. The highest BCUT2D eigenvalue weighted by Crippen LogP contribution is 2.24. The molecule has 2 fully saturated rings. The average Bonchev–Trinajstić information content (AvgIpc) is 3.19. The van der Waals surface area contributed by atoms with E-state index in [9.17, 15) is 13.6 Å². The maximum atomic E-state index is 14.1. The molecule has 0 bridgehead atoms. The van der Waals surface area contributed by atoms with Gasteiger partial charge in [-0.05, 0) is 57.8 Å². The second kappa shape index (κ2) is 13.1. The van der Waals surface area contributed by atoms with Gasteiger partial charge in [-0.3, -0.25) is 9.79 Å². The highest BCUT2D eigenvalue weighted by atomic mass is 127. The van der Waals surface area contributed by atoms with Crippen LogP contribution in [0.5, 0.6) is 0 Å². The van der Waals surface area contributed by atoms with E-state index in [4.69, 9.17) is 5.73 Å². The fourth-order valence-corrected chi connectivity index (χ4v) is 4.32. The highest BCUT2D eigenvalue weighted by molar-refractivity contribution is 14.0. The van der Waals surface area contributed by atoms with Gasteiger partial charge in [-0.25, -0.2) is 8.78 Å². The molecule has 0 aliphatic carbocycles. The Labute approximate surface area is 206 Å². The molecule has 2 atom stereocenters. The molecule has 1 amide bonds. The summed E-state index contributed by atoms with van der Waals surface area (Å²) in [5.41, 5.74) is 5.89. The van der Waals surface area contributed by atoms with Gasteiger partial charge in [0.1, 0.15) is 11.6 Å². The smallest absolute Gasteiger partial charge is 0.221 e. The Kier molecular flexibility index (Phi) is 10.9. The Morgan fingerprint density at radius 2 is 2.06 bits per heavy atom. The third kappa shape index (κ3) is 7.72. The first-order valence-electron chi connectivity index (χ1n) is 11.2. The molecule has 3 rings (SSSR count). The summed E-state index contributed by atoms with van der Waals surface area (Å²) in [4.78, 5) is 20.3. The van der Waals surface area contributed by atoms with E-state index in [1.54, 1.807) is 0 Å². The number of rotatable bonds is 8. The molecule has 4 N–H and O–H groups in total. The summed E-state index contributed by atoms with van der Waals surface area (Å²) in [6.45, 7) is 7.43. The van der Waals surface area contributed by atoms with Crippen molar-refractivity contribution >= 4 is 41.5 Å². The molecule has 7 nitrogen and oxygen atoms in total. The van der Waals surface area contributed by atoms with E-state index < -0.39 is 11.6 Å². The van der Waals surface area contributed by atoms with Gasteiger partial charge in [-0.2, -0.15) is 0 Å². The van der Waals surface area contributed by atoms with Crippen molar-refractivity contribution in [3.8, 4) is 0 Å². The zero-order valence-corrected chi connectivity index (χ0v) is 21.0. The molecule has 32 heavy (non-hydrogen) atoms. The van der Waals surface area contributed by atoms with Crippen LogP contribution in [0.3, 0.4) is 0 Å². The number of likely N-dealkylation sites (tertiary alicyclic amines) is 1. The maximum absolute atomic E-state index is 14.1. The Hall–Kier alpha value is -1.69. The first kappa shape index (κ1) is 26.6. The van der Waals surface area contributed by atoms with E-state index in [0.717, 1.165) is 63.9 Å². The second-order valence-corrected chi connectivity index (χ2v) is 8.33. The third-order valence-electron chi connectivity index (χ3n) is 5.93. The molecule has 2 saturated heterocycles. The van der Waals surface area contributed by atoms with E-state index in [-0.39, 0.29) is 41.8 Å². The molecular weight excluding hydrogens is 529 g/mol. The van der Waals surface area contributed by atoms with Crippen LogP contribution < -0.4 is 21.3 Å². The molecular formula is C22H35F2IN6O. The molecule has 1 aromatic rings. The van der Waals surface area contributed by atoms with Gasteiger partial charge in [0.15, 0.2) is 5.96 Å². The van der Waals surface area contributed by atoms with E-state index in [2.05, 4.69) is 20.5 Å². The summed E-state index contributed by atoms with van der Waals surface area (Å²) in [7, 11) is 0. The molecule has 2 unspecified atom stereocenters. The molecule has 0 spiro atoms. The van der Waals surface area contributed by atoms with E-state index in [1.807, 2.05) is 11.8 Å². The van der Waals surface area contributed by atoms with Gasteiger partial charge >= 0.3 is 0 Å². The minimum Gasteiger partial charge on any atom is -0.369 e. The number of amides is 1. The summed E-state index contributed by atoms with van der Waals surface area (Å²) in [5, 5.41) is 6.70. The lowest BCUT2D eigenvalue weighted by Gasteiger charge is -2.30. The van der Waals surface area contributed by atoms with Crippen molar-refractivity contribution in [3.63, 3.8) is 0 Å². The Balaban J connectivity index is 0.00000363. The lowest BCUT2D eigenvalue weighted by atomic mass is 9.97. The standard InChI is InChI=1S/C22H34F2N6O.HI/c1-2-26-22(27-9-4-11-29-10-3-5-16(14-29)21(25)31)28-18-8-12-30(15-18)20-7-6-17(23)13-19(20)24;/h6-7,13,16,18H,2-5,8-12,14-15H2,1H3,(H2,25,31)(H2,26,27,28);1H. The number of hydrogen-bond donors (Lipinski definition) is 3. The summed E-state index contributed by atoms with van der Waals surface area (Å²) >= 11 is 0. The van der Waals surface area contributed by atoms with E-state index in [0.29, 0.717) is 25.3 Å². The summed E-state index contributed by atoms with van der Waals surface area (Å²) in [6.07, 6.45) is 3.65. The van der Waals surface area contributed by atoms with Crippen molar-refractivity contribution in [1.29, 1.82) is 0 Å². The number of carbonyl (C=O) groups is 1. The number of carbonyl (C=O) groups excluding carboxylic acids is 1. The highest BCUT2D eigenvalue weighted by Gasteiger charge is 2.26. The lowest BCUT2D eigenvalue weighted by molar-refractivity contribution is -0.123. The van der Waals surface area contributed by atoms with Gasteiger partial charge in [0.25, 0.3) is 0 Å². The fourth-order valence-electron chi connectivity index (χ4n) is 4.32. The Morgan fingerprint density at radius 3 is 2.78 bits per heavy atom. The topological polar surface area (TPSA) is 86.0 Å². The Morgan fingerprint density at radius 1 is 1.25 bits per heavy atom. The van der Waals surface area contributed by atoms with Crippen molar-refractivity contribution in [2.24, 2.45) is 16.6 Å². The predicted molar refractivity (Wildman–Crippen MR) is 134 cm³/mol. The zero-order chi connectivity index (χ0) is 22.2. The summed E-state index contributed by atoms with van der Waals surface area (Å²) < 4.78 is 27.2. The number of guanidine groups is 1. The Bertz CT molecular complexity index is 781. The molecule has 2 heterocycles. The lowest BCUT2D eigenvalue weighted by Crippen LogP contribution is -2.45. The van der Waals surface area contributed by atoms with Gasteiger partial charge in [0.05, 0.1) is 11.6 Å². The minimum absolute atomic E-state index is 0. The molecule has 0 saturated carbocycles. The number of piperidine rings is 1. The number of halogens is 3. The van der Waals surface area contributed by atoms with Gasteiger partial charge in [-0.1, -0.05) is 0 Å². The first-order chi connectivity index (χ1) is 15.0. The monoisotopic (exact) mass is 564 g/mol. The van der Waals surface area contributed by atoms with Crippen LogP contribution in [-0.2, 0) is 4.79 Å². The van der Waals surface area contributed by atoms with Crippen LogP contribution in [0.15, 0.2) is 23.2 Å². The molecule has 2 aliphatic heterocycles. The number of nitrogens with zero attached hydrogens (tertiary/aromatic N) is 3. The van der Waals surface area contributed by atoms with Crippen LogP contribution in [0, 0.1) is 17.6 Å². The first-order valence-corrected chi connectivity index (χ1v) is 11.2. The molecule has 0 aromatic heterocycles. The van der Waals surface area contributed by atoms with Crippen molar-refractivity contribution < 1.29 is 13.6 Å². The maximum Gasteiger partial charge on any atom is 0.221 e. The summed E-state index contributed by atoms with van der Waals surface area (Å²) in [5.74, 6) is -0.577.